The second-order valence-electron chi connectivity index (χ2n) is 5.43. The summed E-state index contributed by atoms with van der Waals surface area (Å²) in [6.07, 6.45) is 0.466. The van der Waals surface area contributed by atoms with Crippen molar-refractivity contribution in [3.63, 3.8) is 0 Å². The van der Waals surface area contributed by atoms with Crippen molar-refractivity contribution >= 4 is 5.91 Å². The highest BCUT2D eigenvalue weighted by molar-refractivity contribution is 5.76. The summed E-state index contributed by atoms with van der Waals surface area (Å²) in [6, 6.07) is -0.175. The second-order valence-corrected chi connectivity index (χ2v) is 5.43. The van der Waals surface area contributed by atoms with E-state index in [1.54, 1.807) is 4.90 Å². The van der Waals surface area contributed by atoms with Gasteiger partial charge in [-0.25, -0.2) is 0 Å². The number of hydrogen-bond donors (Lipinski definition) is 2. The zero-order valence-corrected chi connectivity index (χ0v) is 11.0. The zero-order chi connectivity index (χ0) is 12.9. The summed E-state index contributed by atoms with van der Waals surface area (Å²) in [4.78, 5) is 13.7. The number of nitrogens with one attached hydrogen (secondary N) is 1. The molecule has 0 aliphatic carbocycles. The first-order chi connectivity index (χ1) is 7.94. The minimum absolute atomic E-state index is 0.0293. The Kier molecular flexibility index (Phi) is 5.36. The Morgan fingerprint density at radius 3 is 2.82 bits per heavy atom. The lowest BCUT2D eigenvalue weighted by atomic mass is 10.1. The minimum Gasteiger partial charge on any atom is -0.394 e. The normalized spacial score (nSPS) is 21.6. The van der Waals surface area contributed by atoms with E-state index in [0.717, 1.165) is 0 Å². The minimum atomic E-state index is -0.175. The van der Waals surface area contributed by atoms with Crippen LogP contribution in [0.1, 0.15) is 27.2 Å². The lowest BCUT2D eigenvalue weighted by Gasteiger charge is -2.34. The molecule has 1 aliphatic heterocycles. The van der Waals surface area contributed by atoms with E-state index in [9.17, 15) is 9.90 Å². The lowest BCUT2D eigenvalue weighted by Crippen LogP contribution is -2.51. The number of morpholine rings is 1. The molecule has 1 saturated heterocycles. The van der Waals surface area contributed by atoms with Gasteiger partial charge in [-0.1, -0.05) is 0 Å². The maximum Gasteiger partial charge on any atom is 0.224 e. The summed E-state index contributed by atoms with van der Waals surface area (Å²) >= 11 is 0. The largest absolute Gasteiger partial charge is 0.394 e. The van der Waals surface area contributed by atoms with Crippen LogP contribution in [0, 0.1) is 0 Å². The van der Waals surface area contributed by atoms with E-state index in [1.165, 1.54) is 0 Å². The molecule has 1 rings (SSSR count). The van der Waals surface area contributed by atoms with Gasteiger partial charge in [0.15, 0.2) is 0 Å². The van der Waals surface area contributed by atoms with Crippen LogP contribution in [0.2, 0.25) is 0 Å². The van der Waals surface area contributed by atoms with E-state index in [0.29, 0.717) is 32.7 Å². The fourth-order valence-corrected chi connectivity index (χ4v) is 1.82. The van der Waals surface area contributed by atoms with Crippen LogP contribution in [0.4, 0.5) is 0 Å². The van der Waals surface area contributed by atoms with Gasteiger partial charge in [0.1, 0.15) is 0 Å². The molecule has 0 bridgehead atoms. The highest BCUT2D eigenvalue weighted by Gasteiger charge is 2.26. The summed E-state index contributed by atoms with van der Waals surface area (Å²) in [5.74, 6) is 0.0871. The van der Waals surface area contributed by atoms with Crippen LogP contribution in [0.25, 0.3) is 0 Å². The van der Waals surface area contributed by atoms with Gasteiger partial charge in [0.2, 0.25) is 5.91 Å². The summed E-state index contributed by atoms with van der Waals surface area (Å²) < 4.78 is 5.24. The first-order valence-electron chi connectivity index (χ1n) is 6.17. The average Bonchev–Trinajstić information content (AvgIpc) is 2.27. The van der Waals surface area contributed by atoms with Crippen molar-refractivity contribution in [2.75, 3.05) is 32.9 Å². The van der Waals surface area contributed by atoms with Crippen molar-refractivity contribution in [2.45, 2.75) is 38.8 Å². The Labute approximate surface area is 103 Å². The van der Waals surface area contributed by atoms with Crippen molar-refractivity contribution in [1.29, 1.82) is 0 Å². The molecule has 1 heterocycles. The smallest absolute Gasteiger partial charge is 0.224 e. The SMILES string of the molecule is CC(C)(C)NCCC(=O)N1CCOCC1CO. The molecule has 1 amide bonds. The Morgan fingerprint density at radius 2 is 2.24 bits per heavy atom. The van der Waals surface area contributed by atoms with Crippen molar-refractivity contribution in [3.8, 4) is 0 Å². The van der Waals surface area contributed by atoms with Crippen molar-refractivity contribution < 1.29 is 14.6 Å². The van der Waals surface area contributed by atoms with E-state index in [-0.39, 0.29) is 24.1 Å². The van der Waals surface area contributed by atoms with E-state index in [1.807, 2.05) is 0 Å². The molecule has 2 N–H and O–H groups in total. The van der Waals surface area contributed by atoms with E-state index < -0.39 is 0 Å². The van der Waals surface area contributed by atoms with Crippen LogP contribution in [-0.2, 0) is 9.53 Å². The molecule has 1 unspecified atom stereocenters. The van der Waals surface area contributed by atoms with Crippen molar-refractivity contribution in [3.05, 3.63) is 0 Å². The molecule has 0 aromatic rings. The molecule has 0 radical (unpaired) electrons. The van der Waals surface area contributed by atoms with Gasteiger partial charge in [0, 0.05) is 25.0 Å². The maximum absolute atomic E-state index is 12.0. The number of rotatable bonds is 4. The molecule has 5 heteroatoms. The van der Waals surface area contributed by atoms with Crippen LogP contribution < -0.4 is 5.32 Å². The highest BCUT2D eigenvalue weighted by atomic mass is 16.5. The summed E-state index contributed by atoms with van der Waals surface area (Å²) in [6.45, 7) is 8.44. The molecule has 5 nitrogen and oxygen atoms in total. The van der Waals surface area contributed by atoms with E-state index in [4.69, 9.17) is 4.74 Å². The Hall–Kier alpha value is -0.650. The number of aliphatic hydroxyl groups is 1. The first-order valence-corrected chi connectivity index (χ1v) is 6.17. The summed E-state index contributed by atoms with van der Waals surface area (Å²) in [5.41, 5.74) is 0.0294. The van der Waals surface area contributed by atoms with Crippen molar-refractivity contribution in [1.82, 2.24) is 10.2 Å². The number of carbonyl (C=O) groups is 1. The van der Waals surface area contributed by atoms with Gasteiger partial charge in [-0.05, 0) is 20.8 Å². The van der Waals surface area contributed by atoms with Gasteiger partial charge in [0.25, 0.3) is 0 Å². The Morgan fingerprint density at radius 1 is 1.53 bits per heavy atom. The van der Waals surface area contributed by atoms with Crippen LogP contribution in [0.3, 0.4) is 0 Å². The fraction of sp³-hybridized carbons (Fsp3) is 0.917. The Balaban J connectivity index is 2.35. The predicted octanol–water partition coefficient (Wildman–Crippen LogP) is -0.0157. The molecular formula is C12H24N2O3. The number of nitrogens with zero attached hydrogens (tertiary/aromatic N) is 1. The summed E-state index contributed by atoms with van der Waals surface area (Å²) in [5, 5.41) is 12.5. The molecule has 1 atom stereocenters. The van der Waals surface area contributed by atoms with Crippen LogP contribution in [-0.4, -0.2) is 60.4 Å². The van der Waals surface area contributed by atoms with Crippen LogP contribution in [0.15, 0.2) is 0 Å². The third-order valence-electron chi connectivity index (χ3n) is 2.75. The highest BCUT2D eigenvalue weighted by Crippen LogP contribution is 2.08. The topological polar surface area (TPSA) is 61.8 Å². The zero-order valence-electron chi connectivity index (χ0n) is 11.0. The van der Waals surface area contributed by atoms with Gasteiger partial charge in [-0.3, -0.25) is 4.79 Å². The van der Waals surface area contributed by atoms with E-state index in [2.05, 4.69) is 26.1 Å². The van der Waals surface area contributed by atoms with Gasteiger partial charge in [-0.15, -0.1) is 0 Å². The molecule has 0 spiro atoms. The Bertz CT molecular complexity index is 251. The standard InChI is InChI=1S/C12H24N2O3/c1-12(2,3)13-5-4-11(16)14-6-7-17-9-10(14)8-15/h10,13,15H,4-9H2,1-3H3. The third-order valence-corrected chi connectivity index (χ3v) is 2.75. The molecule has 17 heavy (non-hydrogen) atoms. The number of amides is 1. The lowest BCUT2D eigenvalue weighted by molar-refractivity contribution is -0.141. The summed E-state index contributed by atoms with van der Waals surface area (Å²) in [7, 11) is 0. The number of ether oxygens (including phenoxy) is 1. The molecule has 1 fully saturated rings. The fourth-order valence-electron chi connectivity index (χ4n) is 1.82. The molecule has 0 aromatic carbocycles. The third kappa shape index (κ3) is 5.02. The molecule has 0 saturated carbocycles. The second kappa shape index (κ2) is 6.33. The van der Waals surface area contributed by atoms with Crippen LogP contribution >= 0.6 is 0 Å². The molecular weight excluding hydrogens is 220 g/mol. The maximum atomic E-state index is 12.0. The van der Waals surface area contributed by atoms with E-state index >= 15 is 0 Å². The molecule has 1 aliphatic rings. The first kappa shape index (κ1) is 14.4. The number of aliphatic hydroxyl groups excluding tert-OH is 1. The van der Waals surface area contributed by atoms with Gasteiger partial charge < -0.3 is 20.1 Å². The monoisotopic (exact) mass is 244 g/mol. The quantitative estimate of drug-likeness (QED) is 0.730. The van der Waals surface area contributed by atoms with Crippen molar-refractivity contribution in [2.24, 2.45) is 0 Å². The van der Waals surface area contributed by atoms with Crippen LogP contribution in [0.5, 0.6) is 0 Å². The number of carbonyl (C=O) groups excluding carboxylic acids is 1. The molecule has 100 valence electrons. The predicted molar refractivity (Wildman–Crippen MR) is 65.8 cm³/mol. The molecule has 0 aromatic heterocycles. The number of hydrogen-bond acceptors (Lipinski definition) is 4. The van der Waals surface area contributed by atoms with Gasteiger partial charge in [-0.2, -0.15) is 0 Å². The van der Waals surface area contributed by atoms with Gasteiger partial charge in [0.05, 0.1) is 25.9 Å². The van der Waals surface area contributed by atoms with Gasteiger partial charge >= 0.3 is 0 Å². The average molecular weight is 244 g/mol.